The minimum atomic E-state index is -0.667. The van der Waals surface area contributed by atoms with E-state index in [1.165, 1.54) is 0 Å². The van der Waals surface area contributed by atoms with Crippen molar-refractivity contribution in [2.75, 3.05) is 0 Å². The lowest BCUT2D eigenvalue weighted by Crippen LogP contribution is -2.04. The first-order valence-electron chi connectivity index (χ1n) is 4.93. The molecule has 0 aliphatic heterocycles. The molecule has 0 bridgehead atoms. The summed E-state index contributed by atoms with van der Waals surface area (Å²) in [5, 5.41) is 10.1. The van der Waals surface area contributed by atoms with Crippen molar-refractivity contribution in [1.29, 1.82) is 0 Å². The summed E-state index contributed by atoms with van der Waals surface area (Å²) in [6, 6.07) is 6.03. The third-order valence-corrected chi connectivity index (χ3v) is 2.51. The highest BCUT2D eigenvalue weighted by Crippen LogP contribution is 2.22. The highest BCUT2D eigenvalue weighted by Gasteiger charge is 2.14. The third-order valence-electron chi connectivity index (χ3n) is 2.51. The molecule has 0 amide bonds. The van der Waals surface area contributed by atoms with Crippen molar-refractivity contribution in [3.63, 3.8) is 0 Å². The Kier molecular flexibility index (Phi) is 2.56. The fraction of sp³-hybridized carbons (Fsp3) is 0.250. The molecule has 1 aromatic carbocycles. The number of benzene rings is 1. The molecule has 3 nitrogen and oxygen atoms in total. The zero-order valence-electron chi connectivity index (χ0n) is 8.86. The molecule has 0 aliphatic carbocycles. The highest BCUT2D eigenvalue weighted by atomic mass is 16.3. The van der Waals surface area contributed by atoms with Crippen LogP contribution in [-0.2, 0) is 0 Å². The van der Waals surface area contributed by atoms with Crippen molar-refractivity contribution in [3.8, 4) is 0 Å². The maximum absolute atomic E-state index is 10.1. The Labute approximate surface area is 88.8 Å². The minimum Gasteiger partial charge on any atom is -0.380 e. The number of nitrogens with zero attached hydrogens (tertiary/aromatic N) is 1. The molecule has 78 valence electrons. The number of aliphatic hydroxyl groups is 1. The number of H-pyrrole nitrogens is 1. The highest BCUT2D eigenvalue weighted by molar-refractivity contribution is 5.34. The molecule has 0 saturated heterocycles. The summed E-state index contributed by atoms with van der Waals surface area (Å²) in [6.45, 7) is 4.00. The topological polar surface area (TPSA) is 48.9 Å². The molecule has 1 aromatic heterocycles. The molecular weight excluding hydrogens is 188 g/mol. The van der Waals surface area contributed by atoms with Crippen LogP contribution in [0.4, 0.5) is 0 Å². The Morgan fingerprint density at radius 2 is 2.13 bits per heavy atom. The Morgan fingerprint density at radius 3 is 2.80 bits per heavy atom. The lowest BCUT2D eigenvalue weighted by molar-refractivity contribution is 0.210. The van der Waals surface area contributed by atoms with Crippen LogP contribution in [0.25, 0.3) is 0 Å². The van der Waals surface area contributed by atoms with Gasteiger partial charge in [-0.2, -0.15) is 0 Å². The van der Waals surface area contributed by atoms with Gasteiger partial charge in [0.15, 0.2) is 0 Å². The second kappa shape index (κ2) is 3.87. The van der Waals surface area contributed by atoms with Crippen LogP contribution in [0.5, 0.6) is 0 Å². The number of rotatable bonds is 2. The first-order valence-corrected chi connectivity index (χ1v) is 4.93. The fourth-order valence-electron chi connectivity index (χ4n) is 1.63. The zero-order chi connectivity index (χ0) is 10.8. The average molecular weight is 202 g/mol. The van der Waals surface area contributed by atoms with Crippen molar-refractivity contribution in [3.05, 3.63) is 53.1 Å². The first-order chi connectivity index (χ1) is 7.18. The van der Waals surface area contributed by atoms with Gasteiger partial charge in [-0.15, -0.1) is 0 Å². The predicted molar refractivity (Wildman–Crippen MR) is 58.6 cm³/mol. The Hall–Kier alpha value is -1.61. The van der Waals surface area contributed by atoms with Crippen molar-refractivity contribution in [2.24, 2.45) is 0 Å². The molecule has 0 fully saturated rings. The van der Waals surface area contributed by atoms with Crippen LogP contribution in [0.2, 0.25) is 0 Å². The summed E-state index contributed by atoms with van der Waals surface area (Å²) in [4.78, 5) is 6.98. The maximum Gasteiger partial charge on any atom is 0.139 e. The number of aryl methyl sites for hydroxylation is 2. The summed E-state index contributed by atoms with van der Waals surface area (Å²) in [5.41, 5.74) is 3.12. The van der Waals surface area contributed by atoms with E-state index in [0.717, 1.165) is 16.7 Å². The van der Waals surface area contributed by atoms with Gasteiger partial charge in [0, 0.05) is 12.4 Å². The van der Waals surface area contributed by atoms with Crippen LogP contribution in [0.1, 0.15) is 28.6 Å². The summed E-state index contributed by atoms with van der Waals surface area (Å²) in [7, 11) is 0. The van der Waals surface area contributed by atoms with Gasteiger partial charge in [0.2, 0.25) is 0 Å². The second-order valence-electron chi connectivity index (χ2n) is 3.74. The van der Waals surface area contributed by atoms with Crippen LogP contribution in [-0.4, -0.2) is 15.1 Å². The van der Waals surface area contributed by atoms with Crippen LogP contribution in [0.3, 0.4) is 0 Å². The quantitative estimate of drug-likeness (QED) is 0.783. The maximum atomic E-state index is 10.1. The number of aromatic nitrogens is 2. The molecule has 1 atom stereocenters. The SMILES string of the molecule is Cc1ccc(C)c(C(O)c2ncc[nH]2)c1. The largest absolute Gasteiger partial charge is 0.380 e. The van der Waals surface area contributed by atoms with E-state index in [2.05, 4.69) is 9.97 Å². The van der Waals surface area contributed by atoms with Gasteiger partial charge in [-0.25, -0.2) is 4.98 Å². The van der Waals surface area contributed by atoms with Crippen LogP contribution in [0, 0.1) is 13.8 Å². The van der Waals surface area contributed by atoms with Gasteiger partial charge in [-0.05, 0) is 25.0 Å². The van der Waals surface area contributed by atoms with Crippen LogP contribution >= 0.6 is 0 Å². The van der Waals surface area contributed by atoms with E-state index < -0.39 is 6.10 Å². The van der Waals surface area contributed by atoms with E-state index >= 15 is 0 Å². The van der Waals surface area contributed by atoms with Gasteiger partial charge in [-0.1, -0.05) is 23.8 Å². The number of imidazole rings is 1. The fourth-order valence-corrected chi connectivity index (χ4v) is 1.63. The molecular formula is C12H14N2O. The second-order valence-corrected chi connectivity index (χ2v) is 3.74. The smallest absolute Gasteiger partial charge is 0.139 e. The predicted octanol–water partition coefficient (Wildman–Crippen LogP) is 2.11. The molecule has 0 saturated carbocycles. The summed E-state index contributed by atoms with van der Waals surface area (Å²) in [6.07, 6.45) is 2.69. The molecule has 0 aliphatic rings. The monoisotopic (exact) mass is 202 g/mol. The number of hydrogen-bond donors (Lipinski definition) is 2. The average Bonchev–Trinajstić information content (AvgIpc) is 2.74. The van der Waals surface area contributed by atoms with Gasteiger partial charge in [-0.3, -0.25) is 0 Å². The van der Waals surface area contributed by atoms with Crippen molar-refractivity contribution >= 4 is 0 Å². The minimum absolute atomic E-state index is 0.587. The number of aliphatic hydroxyl groups excluding tert-OH is 1. The van der Waals surface area contributed by atoms with Crippen molar-refractivity contribution in [2.45, 2.75) is 20.0 Å². The lowest BCUT2D eigenvalue weighted by atomic mass is 10.0. The molecule has 3 heteroatoms. The normalized spacial score (nSPS) is 12.7. The zero-order valence-corrected chi connectivity index (χ0v) is 8.86. The lowest BCUT2D eigenvalue weighted by Gasteiger charge is -2.12. The Morgan fingerprint density at radius 1 is 1.33 bits per heavy atom. The van der Waals surface area contributed by atoms with Gasteiger partial charge in [0.05, 0.1) is 0 Å². The summed E-state index contributed by atoms with van der Waals surface area (Å²) < 4.78 is 0. The standard InChI is InChI=1S/C12H14N2O/c1-8-3-4-9(2)10(7-8)11(15)12-13-5-6-14-12/h3-7,11,15H,1-2H3,(H,13,14). The van der Waals surface area contributed by atoms with Gasteiger partial charge >= 0.3 is 0 Å². The number of nitrogens with one attached hydrogen (secondary N) is 1. The number of hydrogen-bond acceptors (Lipinski definition) is 2. The van der Waals surface area contributed by atoms with Crippen LogP contribution < -0.4 is 0 Å². The van der Waals surface area contributed by atoms with E-state index in [0.29, 0.717) is 5.82 Å². The Balaban J connectivity index is 2.41. The first kappa shape index (κ1) is 9.93. The van der Waals surface area contributed by atoms with E-state index in [9.17, 15) is 5.11 Å². The third kappa shape index (κ3) is 1.92. The molecule has 15 heavy (non-hydrogen) atoms. The Bertz CT molecular complexity index is 449. The molecule has 2 rings (SSSR count). The summed E-state index contributed by atoms with van der Waals surface area (Å²) >= 11 is 0. The van der Waals surface area contributed by atoms with E-state index in [1.54, 1.807) is 12.4 Å². The number of aromatic amines is 1. The van der Waals surface area contributed by atoms with Crippen molar-refractivity contribution in [1.82, 2.24) is 9.97 Å². The molecule has 1 unspecified atom stereocenters. The molecule has 1 heterocycles. The van der Waals surface area contributed by atoms with E-state index in [4.69, 9.17) is 0 Å². The molecule has 2 N–H and O–H groups in total. The molecule has 0 radical (unpaired) electrons. The molecule has 0 spiro atoms. The van der Waals surface area contributed by atoms with Gasteiger partial charge < -0.3 is 10.1 Å². The van der Waals surface area contributed by atoms with E-state index in [-0.39, 0.29) is 0 Å². The van der Waals surface area contributed by atoms with Crippen LogP contribution in [0.15, 0.2) is 30.6 Å². The van der Waals surface area contributed by atoms with Gasteiger partial charge in [0.25, 0.3) is 0 Å². The van der Waals surface area contributed by atoms with Crippen molar-refractivity contribution < 1.29 is 5.11 Å². The molecule has 2 aromatic rings. The van der Waals surface area contributed by atoms with E-state index in [1.807, 2.05) is 32.0 Å². The van der Waals surface area contributed by atoms with Gasteiger partial charge in [0.1, 0.15) is 11.9 Å². The summed E-state index contributed by atoms with van der Waals surface area (Å²) in [5.74, 6) is 0.587.